The Hall–Kier alpha value is -2.07. The number of carbonyl (C=O) groups is 1. The zero-order valence-corrected chi connectivity index (χ0v) is 8.73. The molecule has 4 nitrogen and oxygen atoms in total. The molecule has 0 atom stereocenters. The largest absolute Gasteiger partial charge is 0.333 e. The molecule has 0 unspecified atom stereocenters. The molecule has 0 radical (unpaired) electrons. The summed E-state index contributed by atoms with van der Waals surface area (Å²) in [4.78, 5) is 11.0. The van der Waals surface area contributed by atoms with Crippen LogP contribution in [-0.4, -0.2) is 6.03 Å². The van der Waals surface area contributed by atoms with Crippen molar-refractivity contribution in [2.75, 3.05) is 0 Å². The van der Waals surface area contributed by atoms with Crippen LogP contribution in [0.5, 0.6) is 0 Å². The van der Waals surface area contributed by atoms with E-state index in [9.17, 15) is 4.79 Å². The first-order valence-electron chi connectivity index (χ1n) is 5.02. The first-order chi connectivity index (χ1) is 7.81. The van der Waals surface area contributed by atoms with E-state index in [-0.39, 0.29) is 6.03 Å². The number of hydrogen-bond donors (Lipinski definition) is 3. The summed E-state index contributed by atoms with van der Waals surface area (Å²) in [5, 5.41) is 4.97. The van der Waals surface area contributed by atoms with Gasteiger partial charge in [-0.25, -0.2) is 10.6 Å². The molecule has 0 heterocycles. The Labute approximate surface area is 93.4 Å². The van der Waals surface area contributed by atoms with Crippen molar-refractivity contribution in [3.8, 4) is 0 Å². The van der Waals surface area contributed by atoms with Crippen LogP contribution < -0.4 is 16.6 Å². The Balaban J connectivity index is 2.27. The second-order valence-corrected chi connectivity index (χ2v) is 3.47. The highest BCUT2D eigenvalue weighted by Gasteiger charge is 2.01. The molecule has 0 spiro atoms. The molecule has 4 heteroatoms. The van der Waals surface area contributed by atoms with E-state index < -0.39 is 0 Å². The minimum atomic E-state index is -0.382. The maximum absolute atomic E-state index is 11.0. The zero-order chi connectivity index (χ0) is 11.4. The van der Waals surface area contributed by atoms with Gasteiger partial charge < -0.3 is 5.32 Å². The number of hydrogen-bond acceptors (Lipinski definition) is 2. The van der Waals surface area contributed by atoms with E-state index in [2.05, 4.69) is 5.32 Å². The third-order valence-electron chi connectivity index (χ3n) is 2.45. The molecule has 2 aromatic carbocycles. The highest BCUT2D eigenvalue weighted by atomic mass is 16.2. The lowest BCUT2D eigenvalue weighted by Gasteiger charge is -2.07. The third kappa shape index (κ3) is 2.12. The molecular formula is C12H13N3O. The van der Waals surface area contributed by atoms with Gasteiger partial charge in [0.1, 0.15) is 0 Å². The van der Waals surface area contributed by atoms with Crippen LogP contribution in [-0.2, 0) is 6.54 Å². The second kappa shape index (κ2) is 4.63. The molecule has 0 bridgehead atoms. The van der Waals surface area contributed by atoms with Gasteiger partial charge in [0.15, 0.2) is 0 Å². The summed E-state index contributed by atoms with van der Waals surface area (Å²) in [6.07, 6.45) is 0. The topological polar surface area (TPSA) is 67.1 Å². The van der Waals surface area contributed by atoms with Gasteiger partial charge in [0, 0.05) is 6.54 Å². The van der Waals surface area contributed by atoms with Gasteiger partial charge in [-0.3, -0.25) is 5.43 Å². The molecule has 2 rings (SSSR count). The third-order valence-corrected chi connectivity index (χ3v) is 2.45. The van der Waals surface area contributed by atoms with Gasteiger partial charge in [0.25, 0.3) is 0 Å². The van der Waals surface area contributed by atoms with Crippen molar-refractivity contribution in [2.45, 2.75) is 6.54 Å². The first-order valence-corrected chi connectivity index (χ1v) is 5.02. The monoisotopic (exact) mass is 215 g/mol. The Morgan fingerprint density at radius 3 is 2.69 bits per heavy atom. The zero-order valence-electron chi connectivity index (χ0n) is 8.73. The average Bonchev–Trinajstić information content (AvgIpc) is 2.35. The Kier molecular flexibility index (Phi) is 3.03. The highest BCUT2D eigenvalue weighted by Crippen LogP contribution is 2.17. The number of nitrogens with one attached hydrogen (secondary N) is 2. The van der Waals surface area contributed by atoms with Crippen molar-refractivity contribution in [3.63, 3.8) is 0 Å². The number of benzene rings is 2. The molecule has 0 saturated carbocycles. The molecule has 16 heavy (non-hydrogen) atoms. The fraction of sp³-hybridized carbons (Fsp3) is 0.0833. The predicted molar refractivity (Wildman–Crippen MR) is 63.5 cm³/mol. The van der Waals surface area contributed by atoms with Gasteiger partial charge in [-0.05, 0) is 16.3 Å². The number of amides is 2. The van der Waals surface area contributed by atoms with E-state index in [1.807, 2.05) is 47.9 Å². The minimum Gasteiger partial charge on any atom is -0.333 e. The summed E-state index contributed by atoms with van der Waals surface area (Å²) in [7, 11) is 0. The number of rotatable bonds is 2. The molecule has 0 aliphatic rings. The molecule has 2 aromatic rings. The number of hydrazine groups is 1. The van der Waals surface area contributed by atoms with Crippen LogP contribution in [0.2, 0.25) is 0 Å². The molecule has 2 amide bonds. The Morgan fingerprint density at radius 2 is 1.88 bits per heavy atom. The number of fused-ring (bicyclic) bond motifs is 1. The van der Waals surface area contributed by atoms with E-state index in [0.29, 0.717) is 6.54 Å². The maximum Gasteiger partial charge on any atom is 0.329 e. The van der Waals surface area contributed by atoms with Gasteiger partial charge in [-0.1, -0.05) is 42.5 Å². The standard InChI is InChI=1S/C12H13N3O/c13-15-12(16)14-8-10-6-3-5-9-4-1-2-7-11(9)10/h1-7H,8,13H2,(H2,14,15,16). The highest BCUT2D eigenvalue weighted by molar-refractivity contribution is 5.86. The minimum absolute atomic E-state index is 0.382. The Morgan fingerprint density at radius 1 is 1.12 bits per heavy atom. The van der Waals surface area contributed by atoms with Crippen LogP contribution in [0.3, 0.4) is 0 Å². The summed E-state index contributed by atoms with van der Waals surface area (Å²) >= 11 is 0. The van der Waals surface area contributed by atoms with E-state index in [1.165, 1.54) is 0 Å². The van der Waals surface area contributed by atoms with Crippen LogP contribution in [0, 0.1) is 0 Å². The van der Waals surface area contributed by atoms with Gasteiger partial charge in [0.2, 0.25) is 0 Å². The molecule has 4 N–H and O–H groups in total. The molecule has 0 aliphatic carbocycles. The van der Waals surface area contributed by atoms with Gasteiger partial charge >= 0.3 is 6.03 Å². The summed E-state index contributed by atoms with van der Waals surface area (Å²) in [6, 6.07) is 13.7. The number of carbonyl (C=O) groups excluding carboxylic acids is 1. The van der Waals surface area contributed by atoms with Crippen LogP contribution in [0.15, 0.2) is 42.5 Å². The second-order valence-electron chi connectivity index (χ2n) is 3.47. The van der Waals surface area contributed by atoms with Crippen molar-refractivity contribution >= 4 is 16.8 Å². The summed E-state index contributed by atoms with van der Waals surface area (Å²) in [6.45, 7) is 0.463. The van der Waals surface area contributed by atoms with Crippen molar-refractivity contribution in [1.29, 1.82) is 0 Å². The van der Waals surface area contributed by atoms with Gasteiger partial charge in [0.05, 0.1) is 0 Å². The predicted octanol–water partition coefficient (Wildman–Crippen LogP) is 1.51. The normalized spacial score (nSPS) is 10.1. The SMILES string of the molecule is NNC(=O)NCc1cccc2ccccc12. The fourth-order valence-electron chi connectivity index (χ4n) is 1.67. The van der Waals surface area contributed by atoms with Crippen molar-refractivity contribution in [1.82, 2.24) is 10.7 Å². The maximum atomic E-state index is 11.0. The lowest BCUT2D eigenvalue weighted by molar-refractivity contribution is 0.241. The molecule has 0 aromatic heterocycles. The molecule has 0 aliphatic heterocycles. The summed E-state index contributed by atoms with van der Waals surface area (Å²) in [5.41, 5.74) is 3.10. The van der Waals surface area contributed by atoms with Crippen molar-refractivity contribution < 1.29 is 4.79 Å². The molecule has 82 valence electrons. The lowest BCUT2D eigenvalue weighted by Crippen LogP contribution is -2.39. The lowest BCUT2D eigenvalue weighted by atomic mass is 10.0. The van der Waals surface area contributed by atoms with E-state index in [4.69, 9.17) is 5.84 Å². The van der Waals surface area contributed by atoms with Gasteiger partial charge in [-0.2, -0.15) is 0 Å². The summed E-state index contributed by atoms with van der Waals surface area (Å²) < 4.78 is 0. The van der Waals surface area contributed by atoms with Crippen LogP contribution in [0.1, 0.15) is 5.56 Å². The molecule has 0 fully saturated rings. The molecular weight excluding hydrogens is 202 g/mol. The fourth-order valence-corrected chi connectivity index (χ4v) is 1.67. The van der Waals surface area contributed by atoms with E-state index in [0.717, 1.165) is 16.3 Å². The van der Waals surface area contributed by atoms with Crippen molar-refractivity contribution in [3.05, 3.63) is 48.0 Å². The Bertz CT molecular complexity index is 505. The number of urea groups is 1. The quantitative estimate of drug-likeness (QED) is 0.404. The number of nitrogens with two attached hydrogens (primary N) is 1. The summed E-state index contributed by atoms with van der Waals surface area (Å²) in [5.74, 6) is 4.99. The van der Waals surface area contributed by atoms with E-state index >= 15 is 0 Å². The van der Waals surface area contributed by atoms with E-state index in [1.54, 1.807) is 0 Å². The van der Waals surface area contributed by atoms with Crippen molar-refractivity contribution in [2.24, 2.45) is 5.84 Å². The van der Waals surface area contributed by atoms with Crippen LogP contribution in [0.25, 0.3) is 10.8 Å². The average molecular weight is 215 g/mol. The van der Waals surface area contributed by atoms with Crippen LogP contribution >= 0.6 is 0 Å². The smallest absolute Gasteiger partial charge is 0.329 e. The van der Waals surface area contributed by atoms with Crippen LogP contribution in [0.4, 0.5) is 4.79 Å². The first kappa shape index (κ1) is 10.4. The molecule has 0 saturated heterocycles. The van der Waals surface area contributed by atoms with Gasteiger partial charge in [-0.15, -0.1) is 0 Å².